The van der Waals surface area contributed by atoms with Crippen molar-refractivity contribution < 1.29 is 9.53 Å². The first-order valence-electron chi connectivity index (χ1n) is 5.39. The summed E-state index contributed by atoms with van der Waals surface area (Å²) in [5, 5.41) is 3.21. The number of ether oxygens (including phenoxy) is 1. The van der Waals surface area contributed by atoms with Crippen LogP contribution in [0.1, 0.15) is 20.8 Å². The predicted molar refractivity (Wildman–Crippen MR) is 82.2 cm³/mol. The molecule has 4 nitrogen and oxygen atoms in total. The van der Waals surface area contributed by atoms with E-state index in [9.17, 15) is 4.79 Å². The van der Waals surface area contributed by atoms with Crippen molar-refractivity contribution in [2.24, 2.45) is 0 Å². The molecule has 0 fully saturated rings. The van der Waals surface area contributed by atoms with E-state index >= 15 is 0 Å². The Hall–Kier alpha value is -0.890. The first-order chi connectivity index (χ1) is 8.33. The maximum absolute atomic E-state index is 11.6. The lowest BCUT2D eigenvalue weighted by molar-refractivity contribution is 0.0636. The average Bonchev–Trinajstić information content (AvgIpc) is 2.55. The number of thiazole rings is 1. The Kier molecular flexibility index (Phi) is 3.76. The maximum atomic E-state index is 11.6. The molecule has 1 heterocycles. The molecule has 0 unspecified atom stereocenters. The number of rotatable bonds is 1. The molecular weight excluding hydrogens is 363 g/mol. The van der Waals surface area contributed by atoms with E-state index in [1.54, 1.807) is 0 Å². The number of nitrogens with zero attached hydrogens (tertiary/aromatic N) is 1. The molecule has 0 aliphatic heterocycles. The number of hydrogen-bond donors (Lipinski definition) is 1. The smallest absolute Gasteiger partial charge is 0.413 e. The maximum Gasteiger partial charge on any atom is 0.413 e. The Labute approximate surface area is 123 Å². The number of anilines is 1. The summed E-state index contributed by atoms with van der Waals surface area (Å²) in [5.41, 5.74) is 0.377. The number of carbonyl (C=O) groups excluding carboxylic acids is 1. The van der Waals surface area contributed by atoms with Crippen LogP contribution in [0.2, 0.25) is 0 Å². The Morgan fingerprint density at radius 1 is 1.44 bits per heavy atom. The SMILES string of the molecule is CC(C)(C)OC(=O)Nc1nc2ccc(I)cc2s1. The number of amides is 1. The van der Waals surface area contributed by atoms with Gasteiger partial charge in [0.2, 0.25) is 0 Å². The first-order valence-corrected chi connectivity index (χ1v) is 7.29. The molecule has 0 aliphatic rings. The largest absolute Gasteiger partial charge is 0.444 e. The topological polar surface area (TPSA) is 51.2 Å². The summed E-state index contributed by atoms with van der Waals surface area (Å²) in [5.74, 6) is 0. The van der Waals surface area contributed by atoms with E-state index in [1.807, 2.05) is 39.0 Å². The van der Waals surface area contributed by atoms with Crippen LogP contribution in [-0.2, 0) is 4.74 Å². The molecular formula is C12H13IN2O2S. The minimum Gasteiger partial charge on any atom is -0.444 e. The van der Waals surface area contributed by atoms with Crippen LogP contribution in [0.15, 0.2) is 18.2 Å². The van der Waals surface area contributed by atoms with Gasteiger partial charge in [-0.25, -0.2) is 9.78 Å². The van der Waals surface area contributed by atoms with Crippen LogP contribution in [-0.4, -0.2) is 16.7 Å². The molecule has 18 heavy (non-hydrogen) atoms. The average molecular weight is 376 g/mol. The monoisotopic (exact) mass is 376 g/mol. The molecule has 0 atom stereocenters. The number of hydrogen-bond acceptors (Lipinski definition) is 4. The quantitative estimate of drug-likeness (QED) is 0.758. The van der Waals surface area contributed by atoms with E-state index in [0.29, 0.717) is 5.13 Å². The number of nitrogens with one attached hydrogen (secondary N) is 1. The van der Waals surface area contributed by atoms with Gasteiger partial charge in [-0.1, -0.05) is 11.3 Å². The molecule has 0 saturated heterocycles. The Balaban J connectivity index is 2.15. The fourth-order valence-corrected chi connectivity index (χ4v) is 2.94. The van der Waals surface area contributed by atoms with Crippen molar-refractivity contribution in [2.45, 2.75) is 26.4 Å². The van der Waals surface area contributed by atoms with Crippen molar-refractivity contribution in [2.75, 3.05) is 5.32 Å². The van der Waals surface area contributed by atoms with Crippen LogP contribution in [0, 0.1) is 3.57 Å². The number of carbonyl (C=O) groups is 1. The zero-order chi connectivity index (χ0) is 13.3. The lowest BCUT2D eigenvalue weighted by atomic mass is 10.2. The fourth-order valence-electron chi connectivity index (χ4n) is 1.34. The molecule has 6 heteroatoms. The Bertz CT molecular complexity index is 589. The number of fused-ring (bicyclic) bond motifs is 1. The van der Waals surface area contributed by atoms with E-state index in [0.717, 1.165) is 13.8 Å². The second-order valence-corrected chi connectivity index (χ2v) is 7.03. The highest BCUT2D eigenvalue weighted by Gasteiger charge is 2.17. The van der Waals surface area contributed by atoms with Gasteiger partial charge in [0.15, 0.2) is 5.13 Å². The zero-order valence-electron chi connectivity index (χ0n) is 10.3. The summed E-state index contributed by atoms with van der Waals surface area (Å²) in [6, 6.07) is 5.96. The lowest BCUT2D eigenvalue weighted by Gasteiger charge is -2.18. The van der Waals surface area contributed by atoms with E-state index in [1.165, 1.54) is 11.3 Å². The van der Waals surface area contributed by atoms with Gasteiger partial charge in [-0.05, 0) is 61.6 Å². The third kappa shape index (κ3) is 3.55. The molecule has 0 spiro atoms. The van der Waals surface area contributed by atoms with Crippen molar-refractivity contribution in [3.63, 3.8) is 0 Å². The first kappa shape index (κ1) is 13.5. The summed E-state index contributed by atoms with van der Waals surface area (Å²) in [4.78, 5) is 15.9. The van der Waals surface area contributed by atoms with Gasteiger partial charge in [0.1, 0.15) is 5.60 Å². The summed E-state index contributed by atoms with van der Waals surface area (Å²) in [6.07, 6.45) is -0.476. The fraction of sp³-hybridized carbons (Fsp3) is 0.333. The van der Waals surface area contributed by atoms with Crippen LogP contribution >= 0.6 is 33.9 Å². The van der Waals surface area contributed by atoms with Gasteiger partial charge in [0.25, 0.3) is 0 Å². The zero-order valence-corrected chi connectivity index (χ0v) is 13.3. The second-order valence-electron chi connectivity index (χ2n) is 4.76. The molecule has 1 aromatic carbocycles. The minimum atomic E-state index is -0.504. The normalized spacial score (nSPS) is 11.6. The van der Waals surface area contributed by atoms with Crippen molar-refractivity contribution in [1.82, 2.24) is 4.98 Å². The number of halogens is 1. The standard InChI is InChI=1S/C12H13IN2O2S/c1-12(2,3)17-11(16)15-10-14-8-5-4-7(13)6-9(8)18-10/h4-6H,1-3H3,(H,14,15,16). The van der Waals surface area contributed by atoms with Crippen molar-refractivity contribution >= 4 is 55.4 Å². The van der Waals surface area contributed by atoms with Gasteiger partial charge in [0.05, 0.1) is 10.2 Å². The third-order valence-corrected chi connectivity index (χ3v) is 3.56. The predicted octanol–water partition coefficient (Wildman–Crippen LogP) is 4.25. The van der Waals surface area contributed by atoms with Crippen molar-refractivity contribution in [1.29, 1.82) is 0 Å². The molecule has 0 radical (unpaired) electrons. The molecule has 1 aromatic heterocycles. The highest BCUT2D eigenvalue weighted by Crippen LogP contribution is 2.27. The summed E-state index contributed by atoms with van der Waals surface area (Å²) in [6.45, 7) is 5.48. The molecule has 96 valence electrons. The van der Waals surface area contributed by atoms with Gasteiger partial charge in [0, 0.05) is 3.57 Å². The van der Waals surface area contributed by atoms with E-state index < -0.39 is 11.7 Å². The van der Waals surface area contributed by atoms with Crippen molar-refractivity contribution in [3.8, 4) is 0 Å². The summed E-state index contributed by atoms with van der Waals surface area (Å²) < 4.78 is 7.37. The van der Waals surface area contributed by atoms with E-state index in [2.05, 4.69) is 32.9 Å². The highest BCUT2D eigenvalue weighted by molar-refractivity contribution is 14.1. The van der Waals surface area contributed by atoms with Gasteiger partial charge in [-0.2, -0.15) is 0 Å². The van der Waals surface area contributed by atoms with E-state index in [-0.39, 0.29) is 0 Å². The summed E-state index contributed by atoms with van der Waals surface area (Å²) in [7, 11) is 0. The van der Waals surface area contributed by atoms with Gasteiger partial charge in [-0.15, -0.1) is 0 Å². The third-order valence-electron chi connectivity index (χ3n) is 1.96. The Morgan fingerprint density at radius 3 is 2.83 bits per heavy atom. The molecule has 1 N–H and O–H groups in total. The van der Waals surface area contributed by atoms with Gasteiger partial charge < -0.3 is 4.74 Å². The molecule has 0 saturated carbocycles. The van der Waals surface area contributed by atoms with Crippen molar-refractivity contribution in [3.05, 3.63) is 21.8 Å². The molecule has 0 bridgehead atoms. The minimum absolute atomic E-state index is 0.476. The lowest BCUT2D eigenvalue weighted by Crippen LogP contribution is -2.27. The highest BCUT2D eigenvalue weighted by atomic mass is 127. The van der Waals surface area contributed by atoms with E-state index in [4.69, 9.17) is 4.74 Å². The molecule has 2 aromatic rings. The van der Waals surface area contributed by atoms with Gasteiger partial charge >= 0.3 is 6.09 Å². The number of aromatic nitrogens is 1. The van der Waals surface area contributed by atoms with Crippen LogP contribution in [0.4, 0.5) is 9.93 Å². The number of benzene rings is 1. The second kappa shape index (κ2) is 5.00. The van der Waals surface area contributed by atoms with Crippen LogP contribution in [0.5, 0.6) is 0 Å². The molecule has 1 amide bonds. The van der Waals surface area contributed by atoms with Gasteiger partial charge in [-0.3, -0.25) is 5.32 Å². The molecule has 2 rings (SSSR count). The Morgan fingerprint density at radius 2 is 2.17 bits per heavy atom. The summed E-state index contributed by atoms with van der Waals surface area (Å²) >= 11 is 3.69. The van der Waals surface area contributed by atoms with Crippen LogP contribution < -0.4 is 5.32 Å². The van der Waals surface area contributed by atoms with Crippen LogP contribution in [0.25, 0.3) is 10.2 Å². The van der Waals surface area contributed by atoms with Crippen LogP contribution in [0.3, 0.4) is 0 Å². The molecule has 0 aliphatic carbocycles.